The van der Waals surface area contributed by atoms with Crippen LogP contribution in [0.4, 0.5) is 0 Å². The molecule has 1 atom stereocenters. The Kier molecular flexibility index (Phi) is 2.55. The molecule has 1 heteroatoms. The van der Waals surface area contributed by atoms with Crippen LogP contribution in [-0.4, -0.2) is 0 Å². The quantitative estimate of drug-likeness (QED) is 0.573. The largest absolute Gasteiger partial charge is 0.0703 e. The zero-order valence-corrected chi connectivity index (χ0v) is 8.90. The molecule has 0 saturated heterocycles. The summed E-state index contributed by atoms with van der Waals surface area (Å²) in [5, 5.41) is 0. The van der Waals surface area contributed by atoms with Gasteiger partial charge in [-0.25, -0.2) is 0 Å². The molecule has 0 fully saturated rings. The van der Waals surface area contributed by atoms with Gasteiger partial charge in [-0.3, -0.25) is 0 Å². The van der Waals surface area contributed by atoms with Crippen molar-refractivity contribution in [3.05, 3.63) is 20.8 Å². The molecule has 0 radical (unpaired) electrons. The Hall–Kier alpha value is 0.210. The minimum atomic E-state index is 0.763. The van der Waals surface area contributed by atoms with Gasteiger partial charge in [0.15, 0.2) is 0 Å². The second kappa shape index (κ2) is 3.07. The molecular weight excluding hydrogens is 235 g/mol. The molecule has 0 nitrogen and oxygen atoms in total. The molecule has 0 N–H and O–H groups in total. The molecule has 0 aromatic carbocycles. The fourth-order valence-electron chi connectivity index (χ4n) is 1.17. The zero-order valence-electron chi connectivity index (χ0n) is 6.74. The van der Waals surface area contributed by atoms with Gasteiger partial charge < -0.3 is 0 Å². The van der Waals surface area contributed by atoms with Crippen molar-refractivity contribution in [3.8, 4) is 0 Å². The average molecular weight is 248 g/mol. The summed E-state index contributed by atoms with van der Waals surface area (Å²) in [6.07, 6.45) is 3.55. The number of hydrogen-bond donors (Lipinski definition) is 0. The van der Waals surface area contributed by atoms with Crippen molar-refractivity contribution in [2.24, 2.45) is 5.92 Å². The van der Waals surface area contributed by atoms with Crippen molar-refractivity contribution in [1.82, 2.24) is 0 Å². The number of hydrogen-bond acceptors (Lipinski definition) is 0. The summed E-state index contributed by atoms with van der Waals surface area (Å²) in [7, 11) is 0. The number of rotatable bonds is 0. The van der Waals surface area contributed by atoms with E-state index in [9.17, 15) is 0 Å². The highest BCUT2D eigenvalue weighted by Crippen LogP contribution is 2.32. The molecule has 10 heavy (non-hydrogen) atoms. The Bertz CT molecular complexity index is 199. The van der Waals surface area contributed by atoms with E-state index in [0.29, 0.717) is 0 Å². The average Bonchev–Trinajstić information content (AvgIpc) is 1.93. The van der Waals surface area contributed by atoms with Crippen LogP contribution in [0, 0.1) is 5.92 Å². The molecule has 56 valence electrons. The number of halogens is 1. The molecule has 1 aliphatic carbocycles. The molecule has 0 bridgehead atoms. The molecule has 0 aromatic heterocycles. The third-order valence-corrected chi connectivity index (χ3v) is 3.59. The van der Waals surface area contributed by atoms with Crippen LogP contribution >= 0.6 is 22.6 Å². The normalized spacial score (nSPS) is 26.8. The van der Waals surface area contributed by atoms with E-state index in [1.54, 1.807) is 5.57 Å². The van der Waals surface area contributed by atoms with Crippen molar-refractivity contribution in [2.75, 3.05) is 0 Å². The van der Waals surface area contributed by atoms with Crippen LogP contribution in [0.15, 0.2) is 20.8 Å². The van der Waals surface area contributed by atoms with Crippen molar-refractivity contribution in [2.45, 2.75) is 27.2 Å². The van der Waals surface area contributed by atoms with Gasteiger partial charge in [0.1, 0.15) is 0 Å². The molecule has 0 heterocycles. The first-order valence-corrected chi connectivity index (χ1v) is 4.74. The van der Waals surface area contributed by atoms with E-state index in [-0.39, 0.29) is 0 Å². The summed E-state index contributed by atoms with van der Waals surface area (Å²) in [5.74, 6) is 0.763. The Balaban J connectivity index is 2.94. The van der Waals surface area contributed by atoms with Crippen LogP contribution in [0.1, 0.15) is 27.2 Å². The van der Waals surface area contributed by atoms with Gasteiger partial charge in [-0.15, -0.1) is 0 Å². The lowest BCUT2D eigenvalue weighted by Gasteiger charge is -2.19. The summed E-state index contributed by atoms with van der Waals surface area (Å²) in [6.45, 7) is 6.74. The van der Waals surface area contributed by atoms with Crippen LogP contribution in [-0.2, 0) is 0 Å². The summed E-state index contributed by atoms with van der Waals surface area (Å²) in [4.78, 5) is 0. The van der Waals surface area contributed by atoms with Crippen LogP contribution in [0.3, 0.4) is 0 Å². The molecule has 0 spiro atoms. The topological polar surface area (TPSA) is 0 Å². The summed E-state index contributed by atoms with van der Waals surface area (Å²) >= 11 is 2.41. The first-order chi connectivity index (χ1) is 4.63. The maximum Gasteiger partial charge on any atom is 0.0119 e. The van der Waals surface area contributed by atoms with E-state index in [1.807, 2.05) is 0 Å². The third kappa shape index (κ3) is 1.44. The van der Waals surface area contributed by atoms with Crippen LogP contribution in [0.5, 0.6) is 0 Å². The fourth-order valence-corrected chi connectivity index (χ4v) is 1.85. The highest BCUT2D eigenvalue weighted by Gasteiger charge is 2.12. The Morgan fingerprint density at radius 2 is 2.10 bits per heavy atom. The predicted molar refractivity (Wildman–Crippen MR) is 54.3 cm³/mol. The van der Waals surface area contributed by atoms with Crippen molar-refractivity contribution < 1.29 is 0 Å². The van der Waals surface area contributed by atoms with E-state index in [4.69, 9.17) is 0 Å². The Morgan fingerprint density at radius 3 is 2.60 bits per heavy atom. The molecule has 0 aromatic rings. The third-order valence-electron chi connectivity index (χ3n) is 2.34. The Labute approximate surface area is 76.5 Å². The van der Waals surface area contributed by atoms with E-state index in [0.717, 1.165) is 5.92 Å². The lowest BCUT2D eigenvalue weighted by Crippen LogP contribution is -2.02. The maximum absolute atomic E-state index is 2.41. The standard InChI is InChI=1S/C9H13I/c1-6-4-5-9(10)8(3)7(6)2/h5-6H,4H2,1-3H3. The second-order valence-corrected chi connectivity index (χ2v) is 4.16. The van der Waals surface area contributed by atoms with Crippen molar-refractivity contribution in [3.63, 3.8) is 0 Å². The highest BCUT2D eigenvalue weighted by atomic mass is 127. The van der Waals surface area contributed by atoms with Gasteiger partial charge in [-0.2, -0.15) is 0 Å². The fraction of sp³-hybridized carbons (Fsp3) is 0.556. The Morgan fingerprint density at radius 1 is 1.50 bits per heavy atom. The van der Waals surface area contributed by atoms with Gasteiger partial charge in [0, 0.05) is 3.58 Å². The lowest BCUT2D eigenvalue weighted by atomic mass is 9.90. The maximum atomic E-state index is 2.41. The first kappa shape index (κ1) is 8.31. The molecule has 1 unspecified atom stereocenters. The van der Waals surface area contributed by atoms with Gasteiger partial charge in [-0.05, 0) is 54.4 Å². The van der Waals surface area contributed by atoms with Gasteiger partial charge in [0.2, 0.25) is 0 Å². The van der Waals surface area contributed by atoms with E-state index < -0.39 is 0 Å². The highest BCUT2D eigenvalue weighted by molar-refractivity contribution is 14.1. The van der Waals surface area contributed by atoms with Crippen molar-refractivity contribution in [1.29, 1.82) is 0 Å². The smallest absolute Gasteiger partial charge is 0.0119 e. The minimum Gasteiger partial charge on any atom is -0.0703 e. The SMILES string of the molecule is CC1=C(C)C(C)CC=C1I. The molecular formula is C9H13I. The van der Waals surface area contributed by atoms with E-state index in [2.05, 4.69) is 49.4 Å². The summed E-state index contributed by atoms with van der Waals surface area (Å²) < 4.78 is 1.44. The monoisotopic (exact) mass is 248 g/mol. The van der Waals surface area contributed by atoms with E-state index in [1.165, 1.54) is 15.6 Å². The van der Waals surface area contributed by atoms with Gasteiger partial charge in [0.25, 0.3) is 0 Å². The van der Waals surface area contributed by atoms with Crippen LogP contribution in [0.25, 0.3) is 0 Å². The number of allylic oxidation sites excluding steroid dienone is 4. The van der Waals surface area contributed by atoms with Gasteiger partial charge in [0.05, 0.1) is 0 Å². The summed E-state index contributed by atoms with van der Waals surface area (Å²) in [5.41, 5.74) is 3.05. The molecule has 0 aliphatic heterocycles. The minimum absolute atomic E-state index is 0.763. The summed E-state index contributed by atoms with van der Waals surface area (Å²) in [6, 6.07) is 0. The van der Waals surface area contributed by atoms with Crippen LogP contribution in [0.2, 0.25) is 0 Å². The molecule has 1 aliphatic rings. The molecule has 0 saturated carbocycles. The predicted octanol–water partition coefficient (Wildman–Crippen LogP) is 3.68. The van der Waals surface area contributed by atoms with Crippen LogP contribution < -0.4 is 0 Å². The van der Waals surface area contributed by atoms with Crippen molar-refractivity contribution >= 4 is 22.6 Å². The lowest BCUT2D eigenvalue weighted by molar-refractivity contribution is 0.677. The zero-order chi connectivity index (χ0) is 7.72. The van der Waals surface area contributed by atoms with Gasteiger partial charge >= 0.3 is 0 Å². The van der Waals surface area contributed by atoms with E-state index >= 15 is 0 Å². The second-order valence-electron chi connectivity index (χ2n) is 3.00. The molecule has 0 amide bonds. The first-order valence-electron chi connectivity index (χ1n) is 3.66. The van der Waals surface area contributed by atoms with Gasteiger partial charge in [-0.1, -0.05) is 18.6 Å². The molecule has 1 rings (SSSR count).